The fraction of sp³-hybridized carbons (Fsp3) is 0.636. The SMILES string of the molecule is CCCCCC=COC(=O)CC(C)=O. The highest BCUT2D eigenvalue weighted by molar-refractivity contribution is 5.94. The molecule has 14 heavy (non-hydrogen) atoms. The van der Waals surface area contributed by atoms with Gasteiger partial charge >= 0.3 is 5.97 Å². The minimum absolute atomic E-state index is 0.140. The monoisotopic (exact) mass is 198 g/mol. The molecule has 0 aromatic rings. The summed E-state index contributed by atoms with van der Waals surface area (Å²) in [7, 11) is 0. The Morgan fingerprint density at radius 3 is 2.57 bits per heavy atom. The second-order valence-corrected chi connectivity index (χ2v) is 3.24. The molecule has 0 rings (SSSR count). The number of rotatable bonds is 7. The Balaban J connectivity index is 3.41. The van der Waals surface area contributed by atoms with Crippen LogP contribution in [-0.4, -0.2) is 11.8 Å². The molecule has 0 aromatic carbocycles. The van der Waals surface area contributed by atoms with Crippen molar-refractivity contribution in [2.24, 2.45) is 0 Å². The van der Waals surface area contributed by atoms with E-state index in [9.17, 15) is 9.59 Å². The van der Waals surface area contributed by atoms with Crippen molar-refractivity contribution in [1.29, 1.82) is 0 Å². The first-order chi connectivity index (χ1) is 6.66. The number of ketones is 1. The molecule has 3 heteroatoms. The molecule has 3 nitrogen and oxygen atoms in total. The molecule has 0 aromatic heterocycles. The molecule has 0 amide bonds. The largest absolute Gasteiger partial charge is 0.435 e. The van der Waals surface area contributed by atoms with Crippen molar-refractivity contribution < 1.29 is 14.3 Å². The van der Waals surface area contributed by atoms with Gasteiger partial charge in [-0.15, -0.1) is 0 Å². The van der Waals surface area contributed by atoms with E-state index >= 15 is 0 Å². The summed E-state index contributed by atoms with van der Waals surface area (Å²) >= 11 is 0. The summed E-state index contributed by atoms with van der Waals surface area (Å²) in [5.41, 5.74) is 0. The highest BCUT2D eigenvalue weighted by Gasteiger charge is 2.03. The van der Waals surface area contributed by atoms with Gasteiger partial charge in [-0.2, -0.15) is 0 Å². The summed E-state index contributed by atoms with van der Waals surface area (Å²) in [4.78, 5) is 21.4. The summed E-state index contributed by atoms with van der Waals surface area (Å²) in [6.07, 6.45) is 7.44. The van der Waals surface area contributed by atoms with Crippen molar-refractivity contribution in [2.75, 3.05) is 0 Å². The fourth-order valence-electron chi connectivity index (χ4n) is 0.949. The van der Waals surface area contributed by atoms with Crippen molar-refractivity contribution >= 4 is 11.8 Å². The topological polar surface area (TPSA) is 43.4 Å². The molecule has 0 aliphatic heterocycles. The van der Waals surface area contributed by atoms with Crippen LogP contribution in [0, 0.1) is 0 Å². The number of hydrogen-bond donors (Lipinski definition) is 0. The third-order valence-corrected chi connectivity index (χ3v) is 1.66. The first-order valence-corrected chi connectivity index (χ1v) is 5.00. The quantitative estimate of drug-likeness (QED) is 0.273. The van der Waals surface area contributed by atoms with Crippen molar-refractivity contribution in [3.05, 3.63) is 12.3 Å². The summed E-state index contributed by atoms with van der Waals surface area (Å²) in [6.45, 7) is 3.50. The van der Waals surface area contributed by atoms with Crippen LogP contribution in [0.3, 0.4) is 0 Å². The predicted molar refractivity (Wildman–Crippen MR) is 54.7 cm³/mol. The first kappa shape index (κ1) is 12.9. The second kappa shape index (κ2) is 8.48. The Morgan fingerprint density at radius 1 is 1.29 bits per heavy atom. The predicted octanol–water partition coefficient (Wildman–Crippen LogP) is 2.60. The Bertz CT molecular complexity index is 207. The van der Waals surface area contributed by atoms with Crippen molar-refractivity contribution in [3.8, 4) is 0 Å². The molecular formula is C11H18O3. The van der Waals surface area contributed by atoms with Gasteiger partial charge < -0.3 is 4.74 Å². The van der Waals surface area contributed by atoms with Gasteiger partial charge in [0.25, 0.3) is 0 Å². The van der Waals surface area contributed by atoms with Gasteiger partial charge in [-0.1, -0.05) is 19.8 Å². The molecule has 0 unspecified atom stereocenters. The molecule has 80 valence electrons. The van der Waals surface area contributed by atoms with Gasteiger partial charge in [0, 0.05) is 0 Å². The molecule has 0 aliphatic rings. The zero-order chi connectivity index (χ0) is 10.8. The molecule has 0 fully saturated rings. The van der Waals surface area contributed by atoms with Crippen molar-refractivity contribution in [2.45, 2.75) is 46.0 Å². The smallest absolute Gasteiger partial charge is 0.318 e. The van der Waals surface area contributed by atoms with E-state index in [2.05, 4.69) is 6.92 Å². The number of allylic oxidation sites excluding steroid dienone is 1. The maximum Gasteiger partial charge on any atom is 0.318 e. The number of carbonyl (C=O) groups is 2. The van der Waals surface area contributed by atoms with Gasteiger partial charge in [-0.25, -0.2) is 0 Å². The molecule has 0 saturated carbocycles. The second-order valence-electron chi connectivity index (χ2n) is 3.24. The van der Waals surface area contributed by atoms with E-state index in [1.165, 1.54) is 26.0 Å². The average molecular weight is 198 g/mol. The van der Waals surface area contributed by atoms with E-state index in [4.69, 9.17) is 4.74 Å². The Morgan fingerprint density at radius 2 is 2.00 bits per heavy atom. The molecule has 0 atom stereocenters. The molecular weight excluding hydrogens is 180 g/mol. The van der Waals surface area contributed by atoms with Crippen molar-refractivity contribution in [1.82, 2.24) is 0 Å². The van der Waals surface area contributed by atoms with Gasteiger partial charge in [0.1, 0.15) is 12.2 Å². The lowest BCUT2D eigenvalue weighted by Crippen LogP contribution is -2.04. The number of Topliss-reactive ketones (excluding diaryl/α,β-unsaturated/α-hetero) is 1. The summed E-state index contributed by atoms with van der Waals surface area (Å²) in [5.74, 6) is -0.654. The molecule has 0 heterocycles. The summed E-state index contributed by atoms with van der Waals surface area (Å²) in [5, 5.41) is 0. The molecule has 0 saturated heterocycles. The third-order valence-electron chi connectivity index (χ3n) is 1.66. The summed E-state index contributed by atoms with van der Waals surface area (Å²) in [6, 6.07) is 0. The van der Waals surface area contributed by atoms with Crippen LogP contribution in [0.1, 0.15) is 46.0 Å². The minimum Gasteiger partial charge on any atom is -0.435 e. The van der Waals surface area contributed by atoms with Gasteiger partial charge in [0.15, 0.2) is 0 Å². The maximum atomic E-state index is 10.8. The van der Waals surface area contributed by atoms with Gasteiger partial charge in [-0.3, -0.25) is 9.59 Å². The highest BCUT2D eigenvalue weighted by Crippen LogP contribution is 1.99. The highest BCUT2D eigenvalue weighted by atomic mass is 16.5. The average Bonchev–Trinajstić information content (AvgIpc) is 2.10. The molecule has 0 bridgehead atoms. The van der Waals surface area contributed by atoms with Crippen LogP contribution in [0.15, 0.2) is 12.3 Å². The van der Waals surface area contributed by atoms with Crippen molar-refractivity contribution in [3.63, 3.8) is 0 Å². The van der Waals surface area contributed by atoms with Crippen LogP contribution >= 0.6 is 0 Å². The standard InChI is InChI=1S/C11H18O3/c1-3-4-5-6-7-8-14-11(13)9-10(2)12/h7-8H,3-6,9H2,1-2H3. The zero-order valence-corrected chi connectivity index (χ0v) is 8.91. The van der Waals surface area contributed by atoms with E-state index in [1.54, 1.807) is 0 Å². The molecule has 0 spiro atoms. The Hall–Kier alpha value is -1.12. The number of esters is 1. The fourth-order valence-corrected chi connectivity index (χ4v) is 0.949. The van der Waals surface area contributed by atoms with Crippen LogP contribution < -0.4 is 0 Å². The number of carbonyl (C=O) groups excluding carboxylic acids is 2. The van der Waals surface area contributed by atoms with Crippen LogP contribution in [0.5, 0.6) is 0 Å². The lowest BCUT2D eigenvalue weighted by Gasteiger charge is -1.95. The van der Waals surface area contributed by atoms with E-state index in [-0.39, 0.29) is 12.2 Å². The van der Waals surface area contributed by atoms with E-state index in [1.807, 2.05) is 6.08 Å². The van der Waals surface area contributed by atoms with Gasteiger partial charge in [-0.05, 0) is 25.8 Å². The normalized spacial score (nSPS) is 10.4. The summed E-state index contributed by atoms with van der Waals surface area (Å²) < 4.78 is 4.69. The lowest BCUT2D eigenvalue weighted by atomic mass is 10.2. The number of ether oxygens (including phenoxy) is 1. The molecule has 0 aliphatic carbocycles. The van der Waals surface area contributed by atoms with Gasteiger partial charge in [0.05, 0.1) is 6.26 Å². The third kappa shape index (κ3) is 8.97. The van der Waals surface area contributed by atoms with Crippen LogP contribution in [-0.2, 0) is 14.3 Å². The minimum atomic E-state index is -0.482. The maximum absolute atomic E-state index is 10.8. The Labute approximate surface area is 85.1 Å². The molecule has 0 radical (unpaired) electrons. The Kier molecular flexibility index (Phi) is 7.80. The van der Waals surface area contributed by atoms with E-state index in [0.29, 0.717) is 0 Å². The molecule has 0 N–H and O–H groups in total. The lowest BCUT2D eigenvalue weighted by molar-refractivity contribution is -0.140. The van der Waals surface area contributed by atoms with E-state index < -0.39 is 5.97 Å². The first-order valence-electron chi connectivity index (χ1n) is 5.00. The number of hydrogen-bond acceptors (Lipinski definition) is 3. The van der Waals surface area contributed by atoms with Crippen LogP contribution in [0.25, 0.3) is 0 Å². The van der Waals surface area contributed by atoms with Crippen LogP contribution in [0.2, 0.25) is 0 Å². The zero-order valence-electron chi connectivity index (χ0n) is 8.91. The number of unbranched alkanes of at least 4 members (excludes halogenated alkanes) is 3. The van der Waals surface area contributed by atoms with Crippen LogP contribution in [0.4, 0.5) is 0 Å². The van der Waals surface area contributed by atoms with E-state index in [0.717, 1.165) is 12.8 Å². The van der Waals surface area contributed by atoms with Gasteiger partial charge in [0.2, 0.25) is 0 Å².